The van der Waals surface area contributed by atoms with E-state index in [1.54, 1.807) is 18.2 Å². The molecule has 0 saturated carbocycles. The fourth-order valence-electron chi connectivity index (χ4n) is 3.56. The summed E-state index contributed by atoms with van der Waals surface area (Å²) < 4.78 is 11.4. The van der Waals surface area contributed by atoms with Crippen LogP contribution >= 0.6 is 0 Å². The first-order valence-electron chi connectivity index (χ1n) is 9.99. The highest BCUT2D eigenvalue weighted by molar-refractivity contribution is 6.09. The maximum absolute atomic E-state index is 13.0. The standard InChI is InChI=1S/C25H22N2O3/c26-16-18-7-1-2-11-22(18)23-12-3-4-13-24(23)25(28)27-19-8-5-9-20(15-19)30-17-21-10-6-14-29-21/h1-5,7-9,11-13,15,21H,6,10,14,17H2,(H,27,28). The number of rotatable bonds is 6. The lowest BCUT2D eigenvalue weighted by Crippen LogP contribution is -2.16. The smallest absolute Gasteiger partial charge is 0.256 e. The first-order valence-corrected chi connectivity index (χ1v) is 9.99. The first-order chi connectivity index (χ1) is 14.7. The normalized spacial score (nSPS) is 15.4. The van der Waals surface area contributed by atoms with Gasteiger partial charge in [0.25, 0.3) is 5.91 Å². The van der Waals surface area contributed by atoms with Crippen molar-refractivity contribution in [2.45, 2.75) is 18.9 Å². The lowest BCUT2D eigenvalue weighted by Gasteiger charge is -2.14. The Morgan fingerprint density at radius 3 is 2.67 bits per heavy atom. The maximum atomic E-state index is 13.0. The molecule has 1 aliphatic heterocycles. The van der Waals surface area contributed by atoms with E-state index in [1.165, 1.54) is 0 Å². The van der Waals surface area contributed by atoms with E-state index in [0.29, 0.717) is 29.2 Å². The lowest BCUT2D eigenvalue weighted by molar-refractivity contribution is 0.0680. The van der Waals surface area contributed by atoms with Gasteiger partial charge in [-0.1, -0.05) is 42.5 Å². The van der Waals surface area contributed by atoms with E-state index < -0.39 is 0 Å². The number of nitriles is 1. The van der Waals surface area contributed by atoms with Crippen LogP contribution in [0, 0.1) is 11.3 Å². The number of hydrogen-bond acceptors (Lipinski definition) is 4. The Morgan fingerprint density at radius 2 is 1.87 bits per heavy atom. The minimum atomic E-state index is -0.241. The first kappa shape index (κ1) is 19.7. The van der Waals surface area contributed by atoms with Gasteiger partial charge in [-0.3, -0.25) is 4.79 Å². The van der Waals surface area contributed by atoms with Crippen molar-refractivity contribution in [2.75, 3.05) is 18.5 Å². The molecule has 0 aromatic heterocycles. The molecular weight excluding hydrogens is 376 g/mol. The molecule has 4 rings (SSSR count). The number of anilines is 1. The molecule has 1 N–H and O–H groups in total. The van der Waals surface area contributed by atoms with Crippen molar-refractivity contribution in [1.29, 1.82) is 5.26 Å². The third kappa shape index (κ3) is 4.51. The third-order valence-corrected chi connectivity index (χ3v) is 5.06. The number of ether oxygens (including phenoxy) is 2. The molecule has 0 radical (unpaired) electrons. The molecule has 5 heteroatoms. The van der Waals surface area contributed by atoms with Crippen LogP contribution in [0.15, 0.2) is 72.8 Å². The Balaban J connectivity index is 1.52. The minimum Gasteiger partial charge on any atom is -0.491 e. The van der Waals surface area contributed by atoms with Crippen molar-refractivity contribution in [1.82, 2.24) is 0 Å². The predicted molar refractivity (Wildman–Crippen MR) is 115 cm³/mol. The van der Waals surface area contributed by atoms with Crippen LogP contribution in [0.4, 0.5) is 5.69 Å². The van der Waals surface area contributed by atoms with Gasteiger partial charge in [-0.05, 0) is 42.7 Å². The average Bonchev–Trinajstić information content (AvgIpc) is 3.32. The minimum absolute atomic E-state index is 0.135. The number of hydrogen-bond donors (Lipinski definition) is 1. The highest BCUT2D eigenvalue weighted by Crippen LogP contribution is 2.28. The van der Waals surface area contributed by atoms with Crippen LogP contribution in [0.5, 0.6) is 5.75 Å². The van der Waals surface area contributed by atoms with E-state index in [9.17, 15) is 10.1 Å². The summed E-state index contributed by atoms with van der Waals surface area (Å²) in [6.45, 7) is 1.30. The van der Waals surface area contributed by atoms with Gasteiger partial charge in [0.15, 0.2) is 0 Å². The van der Waals surface area contributed by atoms with Crippen LogP contribution in [-0.2, 0) is 4.74 Å². The van der Waals surface area contributed by atoms with Gasteiger partial charge in [0.2, 0.25) is 0 Å². The highest BCUT2D eigenvalue weighted by Gasteiger charge is 2.17. The zero-order chi connectivity index (χ0) is 20.8. The lowest BCUT2D eigenvalue weighted by atomic mass is 9.95. The van der Waals surface area contributed by atoms with Gasteiger partial charge in [-0.25, -0.2) is 0 Å². The summed E-state index contributed by atoms with van der Waals surface area (Å²) in [5.41, 5.74) is 3.14. The fraction of sp³-hybridized carbons (Fsp3) is 0.200. The maximum Gasteiger partial charge on any atom is 0.256 e. The van der Waals surface area contributed by atoms with Crippen LogP contribution in [0.3, 0.4) is 0 Å². The summed E-state index contributed by atoms with van der Waals surface area (Å²) >= 11 is 0. The van der Waals surface area contributed by atoms with E-state index >= 15 is 0 Å². The molecule has 3 aromatic carbocycles. The average molecular weight is 398 g/mol. The molecule has 1 unspecified atom stereocenters. The van der Waals surface area contributed by atoms with Crippen LogP contribution in [0.1, 0.15) is 28.8 Å². The molecule has 1 amide bonds. The summed E-state index contributed by atoms with van der Waals surface area (Å²) in [7, 11) is 0. The zero-order valence-electron chi connectivity index (χ0n) is 16.5. The quantitative estimate of drug-likeness (QED) is 0.632. The van der Waals surface area contributed by atoms with Gasteiger partial charge in [0.05, 0.1) is 17.7 Å². The van der Waals surface area contributed by atoms with E-state index in [4.69, 9.17) is 9.47 Å². The summed E-state index contributed by atoms with van der Waals surface area (Å²) in [6, 6.07) is 24.1. The van der Waals surface area contributed by atoms with E-state index in [0.717, 1.165) is 30.6 Å². The second kappa shape index (κ2) is 9.25. The molecule has 1 fully saturated rings. The van der Waals surface area contributed by atoms with Crippen molar-refractivity contribution >= 4 is 11.6 Å². The van der Waals surface area contributed by atoms with E-state index in [2.05, 4.69) is 11.4 Å². The largest absolute Gasteiger partial charge is 0.491 e. The fourth-order valence-corrected chi connectivity index (χ4v) is 3.56. The molecule has 150 valence electrons. The Hall–Kier alpha value is -3.62. The van der Waals surface area contributed by atoms with Crippen LogP contribution in [0.2, 0.25) is 0 Å². The number of carbonyl (C=O) groups excluding carboxylic acids is 1. The Morgan fingerprint density at radius 1 is 1.07 bits per heavy atom. The second-order valence-corrected chi connectivity index (χ2v) is 7.13. The summed E-state index contributed by atoms with van der Waals surface area (Å²) in [5.74, 6) is 0.445. The van der Waals surface area contributed by atoms with Crippen molar-refractivity contribution in [3.8, 4) is 22.9 Å². The molecule has 1 aliphatic rings. The van der Waals surface area contributed by atoms with E-state index in [1.807, 2.05) is 54.6 Å². The number of benzene rings is 3. The Kier molecular flexibility index (Phi) is 6.07. The zero-order valence-corrected chi connectivity index (χ0v) is 16.5. The van der Waals surface area contributed by atoms with Crippen LogP contribution < -0.4 is 10.1 Å². The van der Waals surface area contributed by atoms with Crippen LogP contribution in [0.25, 0.3) is 11.1 Å². The highest BCUT2D eigenvalue weighted by atomic mass is 16.5. The van der Waals surface area contributed by atoms with Gasteiger partial charge in [0, 0.05) is 29.5 Å². The Bertz CT molecular complexity index is 1080. The van der Waals surface area contributed by atoms with Crippen molar-refractivity contribution in [2.24, 2.45) is 0 Å². The molecule has 1 heterocycles. The van der Waals surface area contributed by atoms with Crippen LogP contribution in [-0.4, -0.2) is 25.2 Å². The van der Waals surface area contributed by atoms with Crippen molar-refractivity contribution in [3.63, 3.8) is 0 Å². The summed E-state index contributed by atoms with van der Waals surface area (Å²) in [4.78, 5) is 13.0. The second-order valence-electron chi connectivity index (χ2n) is 7.13. The monoisotopic (exact) mass is 398 g/mol. The predicted octanol–water partition coefficient (Wildman–Crippen LogP) is 5.04. The number of nitrogens with one attached hydrogen (secondary N) is 1. The molecule has 0 spiro atoms. The van der Waals surface area contributed by atoms with Gasteiger partial charge in [-0.2, -0.15) is 5.26 Å². The molecule has 0 aliphatic carbocycles. The molecule has 3 aromatic rings. The SMILES string of the molecule is N#Cc1ccccc1-c1ccccc1C(=O)Nc1cccc(OCC2CCCO2)c1. The molecule has 1 atom stereocenters. The molecule has 5 nitrogen and oxygen atoms in total. The van der Waals surface area contributed by atoms with E-state index in [-0.39, 0.29) is 12.0 Å². The molecular formula is C25H22N2O3. The van der Waals surface area contributed by atoms with Gasteiger partial charge < -0.3 is 14.8 Å². The van der Waals surface area contributed by atoms with Gasteiger partial charge in [-0.15, -0.1) is 0 Å². The van der Waals surface area contributed by atoms with Crippen molar-refractivity contribution < 1.29 is 14.3 Å². The summed E-state index contributed by atoms with van der Waals surface area (Å²) in [5, 5.41) is 12.4. The van der Waals surface area contributed by atoms with Gasteiger partial charge in [0.1, 0.15) is 12.4 Å². The number of nitrogens with zero attached hydrogens (tertiary/aromatic N) is 1. The third-order valence-electron chi connectivity index (χ3n) is 5.06. The number of carbonyl (C=O) groups is 1. The number of amides is 1. The van der Waals surface area contributed by atoms with Gasteiger partial charge >= 0.3 is 0 Å². The molecule has 1 saturated heterocycles. The molecule has 30 heavy (non-hydrogen) atoms. The molecule has 0 bridgehead atoms. The Labute approximate surface area is 175 Å². The van der Waals surface area contributed by atoms with Crippen molar-refractivity contribution in [3.05, 3.63) is 83.9 Å². The summed E-state index contributed by atoms with van der Waals surface area (Å²) in [6.07, 6.45) is 2.21. The topological polar surface area (TPSA) is 71.4 Å².